The number of hydrogen-bond donors (Lipinski definition) is 3. The first-order valence-corrected chi connectivity index (χ1v) is 8.34. The number of nitrogens with two attached hydrogens (primary N) is 1. The molecule has 0 aromatic heterocycles. The van der Waals surface area contributed by atoms with Gasteiger partial charge in [0.05, 0.1) is 7.11 Å². The Kier molecular flexibility index (Phi) is 6.90. The van der Waals surface area contributed by atoms with E-state index < -0.39 is 5.91 Å². The van der Waals surface area contributed by atoms with Crippen LogP contribution in [0.25, 0.3) is 0 Å². The zero-order valence-corrected chi connectivity index (χ0v) is 15.7. The molecular weight excluding hydrogens is 370 g/mol. The number of carbonyl (C=O) groups excluding carboxylic acids is 2. The molecule has 0 aliphatic carbocycles. The molecule has 0 saturated carbocycles. The monoisotopic (exact) mass is 391 g/mol. The maximum Gasteiger partial charge on any atom is 0.255 e. The van der Waals surface area contributed by atoms with Gasteiger partial charge in [-0.1, -0.05) is 0 Å². The van der Waals surface area contributed by atoms with E-state index in [2.05, 4.69) is 10.6 Å². The summed E-state index contributed by atoms with van der Waals surface area (Å²) < 4.78 is 10.5. The summed E-state index contributed by atoms with van der Waals surface area (Å²) in [5.41, 5.74) is 8.55. The van der Waals surface area contributed by atoms with Crippen LogP contribution in [0.4, 0.5) is 11.4 Å². The number of anilines is 2. The van der Waals surface area contributed by atoms with Gasteiger partial charge in [0.2, 0.25) is 0 Å². The van der Waals surface area contributed by atoms with Gasteiger partial charge in [-0.15, -0.1) is 12.4 Å². The molecule has 1 aliphatic rings. The molecule has 0 unspecified atom stereocenters. The number of benzene rings is 2. The zero-order chi connectivity index (χ0) is 18.5. The van der Waals surface area contributed by atoms with E-state index >= 15 is 0 Å². The van der Waals surface area contributed by atoms with Gasteiger partial charge < -0.3 is 25.8 Å². The summed E-state index contributed by atoms with van der Waals surface area (Å²) in [6.45, 7) is 0.716. The van der Waals surface area contributed by atoms with Crippen LogP contribution in [0, 0.1) is 0 Å². The number of rotatable bonds is 6. The van der Waals surface area contributed by atoms with Gasteiger partial charge in [-0.25, -0.2) is 0 Å². The van der Waals surface area contributed by atoms with Gasteiger partial charge in [0.25, 0.3) is 11.8 Å². The first-order valence-electron chi connectivity index (χ1n) is 8.34. The Hall–Kier alpha value is -2.93. The molecule has 7 nitrogen and oxygen atoms in total. The lowest BCUT2D eigenvalue weighted by molar-refractivity contribution is -0.119. The van der Waals surface area contributed by atoms with Crippen molar-refractivity contribution in [3.8, 4) is 11.5 Å². The minimum Gasteiger partial charge on any atom is -0.493 e. The van der Waals surface area contributed by atoms with Gasteiger partial charge in [0.1, 0.15) is 0 Å². The lowest BCUT2D eigenvalue weighted by atomic mass is 10.0. The topological polar surface area (TPSA) is 103 Å². The van der Waals surface area contributed by atoms with E-state index in [1.165, 1.54) is 12.7 Å². The molecule has 8 heteroatoms. The van der Waals surface area contributed by atoms with Crippen LogP contribution in [-0.2, 0) is 11.2 Å². The van der Waals surface area contributed by atoms with E-state index in [-0.39, 0.29) is 24.9 Å². The van der Waals surface area contributed by atoms with Gasteiger partial charge in [0.15, 0.2) is 18.1 Å². The molecule has 0 spiro atoms. The van der Waals surface area contributed by atoms with Crippen LogP contribution in [0.3, 0.4) is 0 Å². The SMILES string of the molecule is COc1cc(C(=O)Nc2ccc3c(c2)CCCN3)ccc1OCC(N)=O.Cl. The molecule has 2 aromatic carbocycles. The molecule has 27 heavy (non-hydrogen) atoms. The van der Waals surface area contributed by atoms with Gasteiger partial charge in [-0.3, -0.25) is 9.59 Å². The number of halogens is 1. The van der Waals surface area contributed by atoms with Crippen molar-refractivity contribution in [2.24, 2.45) is 5.73 Å². The molecule has 0 fully saturated rings. The predicted octanol–water partition coefficient (Wildman–Crippen LogP) is 2.59. The van der Waals surface area contributed by atoms with Crippen LogP contribution in [0.5, 0.6) is 11.5 Å². The quantitative estimate of drug-likeness (QED) is 0.702. The van der Waals surface area contributed by atoms with E-state index in [9.17, 15) is 9.59 Å². The standard InChI is InChI=1S/C19H21N3O4.ClH/c1-25-17-10-13(4-7-16(17)26-11-18(20)23)19(24)22-14-5-6-15-12(9-14)3-2-8-21-15;/h4-7,9-10,21H,2-3,8,11H2,1H3,(H2,20,23)(H,22,24);1H. The van der Waals surface area contributed by atoms with Crippen molar-refractivity contribution in [2.75, 3.05) is 30.9 Å². The molecule has 2 amide bonds. The Balaban J connectivity index is 0.00000261. The number of ether oxygens (including phenoxy) is 2. The largest absolute Gasteiger partial charge is 0.493 e. The van der Waals surface area contributed by atoms with Crippen LogP contribution in [0.15, 0.2) is 36.4 Å². The normalized spacial score (nSPS) is 12.0. The minimum atomic E-state index is -0.587. The molecule has 0 radical (unpaired) electrons. The summed E-state index contributed by atoms with van der Waals surface area (Å²) in [5, 5.41) is 6.23. The van der Waals surface area contributed by atoms with Crippen molar-refractivity contribution in [3.05, 3.63) is 47.5 Å². The predicted molar refractivity (Wildman–Crippen MR) is 106 cm³/mol. The number of amides is 2. The summed E-state index contributed by atoms with van der Waals surface area (Å²) in [6, 6.07) is 10.6. The summed E-state index contributed by atoms with van der Waals surface area (Å²) >= 11 is 0. The van der Waals surface area contributed by atoms with Gasteiger partial charge in [0, 0.05) is 23.5 Å². The van der Waals surface area contributed by atoms with Crippen molar-refractivity contribution in [1.29, 1.82) is 0 Å². The number of primary amides is 1. The highest BCUT2D eigenvalue weighted by Gasteiger charge is 2.14. The average Bonchev–Trinajstić information content (AvgIpc) is 2.66. The van der Waals surface area contributed by atoms with E-state index in [1.807, 2.05) is 18.2 Å². The number of fused-ring (bicyclic) bond motifs is 1. The maximum absolute atomic E-state index is 12.5. The van der Waals surface area contributed by atoms with E-state index in [0.29, 0.717) is 17.1 Å². The van der Waals surface area contributed by atoms with Gasteiger partial charge >= 0.3 is 0 Å². The molecule has 3 rings (SSSR count). The van der Waals surface area contributed by atoms with Crippen LogP contribution < -0.4 is 25.8 Å². The van der Waals surface area contributed by atoms with Crippen molar-refractivity contribution < 1.29 is 19.1 Å². The molecule has 0 bridgehead atoms. The smallest absolute Gasteiger partial charge is 0.255 e. The summed E-state index contributed by atoms with van der Waals surface area (Å²) in [7, 11) is 1.46. The minimum absolute atomic E-state index is 0. The molecule has 0 saturated heterocycles. The number of aryl methyl sites for hydroxylation is 1. The lowest BCUT2D eigenvalue weighted by Crippen LogP contribution is -2.20. The third-order valence-corrected chi connectivity index (χ3v) is 4.10. The maximum atomic E-state index is 12.5. The second-order valence-electron chi connectivity index (χ2n) is 5.98. The van der Waals surface area contributed by atoms with Crippen molar-refractivity contribution in [3.63, 3.8) is 0 Å². The Labute approximate surface area is 163 Å². The van der Waals surface area contributed by atoms with Crippen LogP contribution in [-0.4, -0.2) is 32.1 Å². The summed E-state index contributed by atoms with van der Waals surface area (Å²) in [6.07, 6.45) is 2.07. The lowest BCUT2D eigenvalue weighted by Gasteiger charge is -2.19. The summed E-state index contributed by atoms with van der Waals surface area (Å²) in [5.74, 6) is -0.138. The number of nitrogens with one attached hydrogen (secondary N) is 2. The van der Waals surface area contributed by atoms with E-state index in [4.69, 9.17) is 15.2 Å². The van der Waals surface area contributed by atoms with Crippen molar-refractivity contribution in [2.45, 2.75) is 12.8 Å². The van der Waals surface area contributed by atoms with Crippen molar-refractivity contribution in [1.82, 2.24) is 0 Å². The Morgan fingerprint density at radius 1 is 1.19 bits per heavy atom. The van der Waals surface area contributed by atoms with Crippen LogP contribution >= 0.6 is 12.4 Å². The van der Waals surface area contributed by atoms with Gasteiger partial charge in [-0.05, 0) is 54.8 Å². The Bertz CT molecular complexity index is 842. The zero-order valence-electron chi connectivity index (χ0n) is 14.9. The fourth-order valence-electron chi connectivity index (χ4n) is 2.83. The summed E-state index contributed by atoms with van der Waals surface area (Å²) in [4.78, 5) is 23.4. The number of carbonyl (C=O) groups is 2. The van der Waals surface area contributed by atoms with Crippen LogP contribution in [0.1, 0.15) is 22.3 Å². The number of hydrogen-bond acceptors (Lipinski definition) is 5. The van der Waals surface area contributed by atoms with E-state index in [1.54, 1.807) is 18.2 Å². The molecule has 2 aromatic rings. The molecule has 144 valence electrons. The highest BCUT2D eigenvalue weighted by Crippen LogP contribution is 2.29. The van der Waals surface area contributed by atoms with Crippen molar-refractivity contribution >= 4 is 35.6 Å². The van der Waals surface area contributed by atoms with Crippen LogP contribution in [0.2, 0.25) is 0 Å². The number of methoxy groups -OCH3 is 1. The first-order chi connectivity index (χ1) is 12.6. The highest BCUT2D eigenvalue weighted by molar-refractivity contribution is 6.04. The molecule has 1 heterocycles. The fraction of sp³-hybridized carbons (Fsp3) is 0.263. The molecule has 4 N–H and O–H groups in total. The first kappa shape index (κ1) is 20.4. The molecule has 0 atom stereocenters. The second-order valence-corrected chi connectivity index (χ2v) is 5.98. The van der Waals surface area contributed by atoms with E-state index in [0.717, 1.165) is 30.8 Å². The fourth-order valence-corrected chi connectivity index (χ4v) is 2.83. The molecular formula is C19H22ClN3O4. The Morgan fingerprint density at radius 2 is 2.00 bits per heavy atom. The third-order valence-electron chi connectivity index (χ3n) is 4.10. The third kappa shape index (κ3) is 5.04. The highest BCUT2D eigenvalue weighted by atomic mass is 35.5. The van der Waals surface area contributed by atoms with Gasteiger partial charge in [-0.2, -0.15) is 0 Å². The average molecular weight is 392 g/mol. The Morgan fingerprint density at radius 3 is 2.74 bits per heavy atom. The second kappa shape index (κ2) is 9.14. The molecule has 1 aliphatic heterocycles.